The van der Waals surface area contributed by atoms with Crippen molar-refractivity contribution in [3.63, 3.8) is 0 Å². The van der Waals surface area contributed by atoms with Crippen LogP contribution in [0.2, 0.25) is 0 Å². The van der Waals surface area contributed by atoms with Gasteiger partial charge in [0.25, 0.3) is 0 Å². The lowest BCUT2D eigenvalue weighted by atomic mass is 10.2. The van der Waals surface area contributed by atoms with Crippen LogP contribution in [0, 0.1) is 6.42 Å². The van der Waals surface area contributed by atoms with Gasteiger partial charge in [-0.15, -0.1) is 0 Å². The van der Waals surface area contributed by atoms with E-state index in [0.717, 1.165) is 50.0 Å². The summed E-state index contributed by atoms with van der Waals surface area (Å²) in [5.74, 6) is 0. The van der Waals surface area contributed by atoms with Crippen LogP contribution in [0.25, 0.3) is 0 Å². The molecule has 1 aromatic rings. The third-order valence-corrected chi connectivity index (χ3v) is 3.08. The molecule has 3 heteroatoms. The van der Waals surface area contributed by atoms with Gasteiger partial charge in [-0.05, 0) is 49.9 Å². The van der Waals surface area contributed by atoms with Crippen molar-refractivity contribution in [2.24, 2.45) is 4.99 Å². The van der Waals surface area contributed by atoms with E-state index in [-0.39, 0.29) is 0 Å². The second-order valence-electron chi connectivity index (χ2n) is 4.86. The molecule has 3 nitrogen and oxygen atoms in total. The highest BCUT2D eigenvalue weighted by Crippen LogP contribution is 2.16. The highest BCUT2D eigenvalue weighted by atomic mass is 16.2. The third-order valence-electron chi connectivity index (χ3n) is 3.08. The highest BCUT2D eigenvalue weighted by molar-refractivity contribution is 5.65. The molecule has 1 rings (SSSR count). The molecule has 0 atom stereocenters. The monoisotopic (exact) mass is 275 g/mol. The predicted molar refractivity (Wildman–Crippen MR) is 87.8 cm³/mol. The quantitative estimate of drug-likeness (QED) is 0.465. The fourth-order valence-corrected chi connectivity index (χ4v) is 1.89. The Morgan fingerprint density at radius 2 is 1.85 bits per heavy atom. The van der Waals surface area contributed by atoms with E-state index in [1.807, 2.05) is 18.3 Å². The standard InChI is InChI=1S/C17H27N2O/c1-2-3-6-13-18-16-9-11-17(12-10-16)19-14-7-4-5-8-15-20/h3,9-13,19-20H,2,4-8,14-15H2,1H3. The van der Waals surface area contributed by atoms with Gasteiger partial charge in [0, 0.05) is 25.1 Å². The second-order valence-corrected chi connectivity index (χ2v) is 4.86. The summed E-state index contributed by atoms with van der Waals surface area (Å²) in [6, 6.07) is 8.22. The number of aliphatic hydroxyl groups is 1. The molecule has 0 amide bonds. The zero-order chi connectivity index (χ0) is 14.5. The highest BCUT2D eigenvalue weighted by Gasteiger charge is 1.93. The van der Waals surface area contributed by atoms with Crippen molar-refractivity contribution in [3.8, 4) is 0 Å². The Morgan fingerprint density at radius 1 is 1.10 bits per heavy atom. The van der Waals surface area contributed by atoms with Crippen molar-refractivity contribution in [1.29, 1.82) is 0 Å². The van der Waals surface area contributed by atoms with Crippen LogP contribution in [0.4, 0.5) is 11.4 Å². The lowest BCUT2D eigenvalue weighted by Gasteiger charge is -2.06. The molecule has 0 saturated carbocycles. The van der Waals surface area contributed by atoms with Gasteiger partial charge in [0.15, 0.2) is 0 Å². The van der Waals surface area contributed by atoms with Crippen LogP contribution in [-0.2, 0) is 0 Å². The molecular formula is C17H27N2O. The maximum Gasteiger partial charge on any atom is 0.0627 e. The first-order valence-corrected chi connectivity index (χ1v) is 7.65. The maximum atomic E-state index is 8.69. The fraction of sp³-hybridized carbons (Fsp3) is 0.529. The van der Waals surface area contributed by atoms with Crippen molar-refractivity contribution < 1.29 is 5.11 Å². The normalized spacial score (nSPS) is 11.1. The van der Waals surface area contributed by atoms with Crippen LogP contribution in [0.3, 0.4) is 0 Å². The van der Waals surface area contributed by atoms with Crippen molar-refractivity contribution in [2.75, 3.05) is 18.5 Å². The summed E-state index contributed by atoms with van der Waals surface area (Å²) in [5, 5.41) is 12.1. The van der Waals surface area contributed by atoms with Crippen LogP contribution >= 0.6 is 0 Å². The van der Waals surface area contributed by atoms with Crippen LogP contribution in [0.5, 0.6) is 0 Å². The van der Waals surface area contributed by atoms with Crippen molar-refractivity contribution >= 4 is 17.6 Å². The number of benzene rings is 1. The minimum absolute atomic E-state index is 0.311. The average Bonchev–Trinajstić information content (AvgIpc) is 2.49. The van der Waals surface area contributed by atoms with E-state index < -0.39 is 0 Å². The lowest BCUT2D eigenvalue weighted by molar-refractivity contribution is 0.283. The van der Waals surface area contributed by atoms with Gasteiger partial charge in [-0.1, -0.05) is 26.2 Å². The Morgan fingerprint density at radius 3 is 2.55 bits per heavy atom. The van der Waals surface area contributed by atoms with E-state index in [4.69, 9.17) is 5.11 Å². The smallest absolute Gasteiger partial charge is 0.0627 e. The molecule has 0 bridgehead atoms. The van der Waals surface area contributed by atoms with Crippen molar-refractivity contribution in [1.82, 2.24) is 0 Å². The molecule has 0 fully saturated rings. The van der Waals surface area contributed by atoms with E-state index >= 15 is 0 Å². The molecule has 1 radical (unpaired) electrons. The summed E-state index contributed by atoms with van der Waals surface area (Å²) in [4.78, 5) is 4.41. The summed E-state index contributed by atoms with van der Waals surface area (Å²) in [7, 11) is 0. The Bertz CT molecular complexity index is 360. The summed E-state index contributed by atoms with van der Waals surface area (Å²) >= 11 is 0. The van der Waals surface area contributed by atoms with Crippen LogP contribution in [-0.4, -0.2) is 24.5 Å². The van der Waals surface area contributed by atoms with E-state index in [9.17, 15) is 0 Å². The number of unbranched alkanes of at least 4 members (excludes halogenated alkanes) is 5. The van der Waals surface area contributed by atoms with Gasteiger partial charge in [-0.3, -0.25) is 4.99 Å². The molecule has 0 saturated heterocycles. The summed E-state index contributed by atoms with van der Waals surface area (Å²) in [6.45, 7) is 3.43. The number of rotatable bonds is 11. The number of nitrogens with one attached hydrogen (secondary N) is 1. The molecule has 0 aliphatic carbocycles. The van der Waals surface area contributed by atoms with E-state index in [1.54, 1.807) is 0 Å². The Labute approximate surface area is 123 Å². The van der Waals surface area contributed by atoms with Gasteiger partial charge in [0.05, 0.1) is 5.69 Å². The summed E-state index contributed by atoms with van der Waals surface area (Å²) < 4.78 is 0. The fourth-order valence-electron chi connectivity index (χ4n) is 1.89. The molecule has 0 aliphatic rings. The van der Waals surface area contributed by atoms with Crippen molar-refractivity contribution in [3.05, 3.63) is 30.7 Å². The molecule has 0 aromatic heterocycles. The number of hydrogen-bond acceptors (Lipinski definition) is 3. The molecule has 1 aromatic carbocycles. The number of nitrogens with zero attached hydrogens (tertiary/aromatic N) is 1. The topological polar surface area (TPSA) is 44.6 Å². The molecule has 0 aliphatic heterocycles. The van der Waals surface area contributed by atoms with E-state index in [1.165, 1.54) is 6.42 Å². The zero-order valence-electron chi connectivity index (χ0n) is 12.5. The largest absolute Gasteiger partial charge is 0.396 e. The minimum atomic E-state index is 0.311. The Kier molecular flexibility index (Phi) is 9.58. The maximum absolute atomic E-state index is 8.69. The summed E-state index contributed by atoms with van der Waals surface area (Å²) in [5.41, 5.74) is 2.15. The molecule has 0 unspecified atom stereocenters. The predicted octanol–water partition coefficient (Wildman–Crippen LogP) is 4.36. The molecule has 0 spiro atoms. The second kappa shape index (κ2) is 11.5. The number of aliphatic hydroxyl groups excluding tert-OH is 1. The summed E-state index contributed by atoms with van der Waals surface area (Å²) in [6.07, 6.45) is 10.5. The van der Waals surface area contributed by atoms with Gasteiger partial charge < -0.3 is 10.4 Å². The van der Waals surface area contributed by atoms with Crippen LogP contribution in [0.15, 0.2) is 29.3 Å². The SMILES string of the molecule is CC[CH]CC=Nc1ccc(NCCCCCCO)cc1. The van der Waals surface area contributed by atoms with Crippen LogP contribution < -0.4 is 5.32 Å². The number of anilines is 1. The van der Waals surface area contributed by atoms with E-state index in [2.05, 4.69) is 35.8 Å². The number of aliphatic imine (C=N–C) groups is 1. The first-order chi connectivity index (χ1) is 9.86. The van der Waals surface area contributed by atoms with Gasteiger partial charge in [0.2, 0.25) is 0 Å². The van der Waals surface area contributed by atoms with Gasteiger partial charge in [-0.25, -0.2) is 0 Å². The van der Waals surface area contributed by atoms with Crippen LogP contribution in [0.1, 0.15) is 45.4 Å². The van der Waals surface area contributed by atoms with Gasteiger partial charge in [-0.2, -0.15) is 0 Å². The average molecular weight is 275 g/mol. The zero-order valence-corrected chi connectivity index (χ0v) is 12.5. The molecule has 111 valence electrons. The van der Waals surface area contributed by atoms with Gasteiger partial charge in [0.1, 0.15) is 0 Å². The molecule has 20 heavy (non-hydrogen) atoms. The number of hydrogen-bond donors (Lipinski definition) is 2. The molecular weight excluding hydrogens is 248 g/mol. The minimum Gasteiger partial charge on any atom is -0.396 e. The first kappa shape index (κ1) is 16.7. The Balaban J connectivity index is 2.19. The van der Waals surface area contributed by atoms with E-state index in [0.29, 0.717) is 6.61 Å². The first-order valence-electron chi connectivity index (χ1n) is 7.65. The molecule has 0 heterocycles. The third kappa shape index (κ3) is 7.95. The molecule has 2 N–H and O–H groups in total. The Hall–Kier alpha value is -1.35. The van der Waals surface area contributed by atoms with Gasteiger partial charge >= 0.3 is 0 Å². The lowest BCUT2D eigenvalue weighted by Crippen LogP contribution is -2.01. The van der Waals surface area contributed by atoms with Crippen molar-refractivity contribution in [2.45, 2.75) is 45.4 Å².